The van der Waals surface area contributed by atoms with Gasteiger partial charge < -0.3 is 15.7 Å². The molecule has 0 saturated heterocycles. The zero-order valence-corrected chi connectivity index (χ0v) is 18.6. The molecule has 2 aromatic heterocycles. The Balaban J connectivity index is 1.62. The third kappa shape index (κ3) is 4.38. The molecule has 0 fully saturated rings. The Bertz CT molecular complexity index is 1530. The Hall–Kier alpha value is -3.90. The summed E-state index contributed by atoms with van der Waals surface area (Å²) in [5.41, 5.74) is -0.218. The molecule has 0 radical (unpaired) electrons. The molecular weight excluding hydrogens is 471 g/mol. The minimum absolute atomic E-state index is 0.0489. The van der Waals surface area contributed by atoms with Crippen LogP contribution in [0, 0.1) is 5.82 Å². The predicted octanol–water partition coefficient (Wildman–Crippen LogP) is 3.45. The molecule has 0 bridgehead atoms. The third-order valence-corrected chi connectivity index (χ3v) is 7.45. The molecule has 9 nitrogen and oxygen atoms in total. The molecule has 0 aliphatic carbocycles. The van der Waals surface area contributed by atoms with Crippen molar-refractivity contribution in [3.05, 3.63) is 76.1 Å². The van der Waals surface area contributed by atoms with Crippen LogP contribution in [0.15, 0.2) is 69.0 Å². The van der Waals surface area contributed by atoms with Crippen LogP contribution in [0.1, 0.15) is 0 Å². The number of thiophene rings is 1. The Morgan fingerprint density at radius 2 is 1.85 bits per heavy atom. The molecule has 2 heterocycles. The SMILES string of the molecule is CNc1ccc2c(O)n(-c3ccc(NC(=O)NS(=O)(=O)c4cccs4)cc3F)c(=O)cc2c1. The summed E-state index contributed by atoms with van der Waals surface area (Å²) >= 11 is 0.936. The fourth-order valence-electron chi connectivity index (χ4n) is 3.21. The van der Waals surface area contributed by atoms with Gasteiger partial charge >= 0.3 is 6.03 Å². The molecule has 0 atom stereocenters. The van der Waals surface area contributed by atoms with Gasteiger partial charge in [0.25, 0.3) is 15.6 Å². The number of pyridine rings is 1. The minimum atomic E-state index is -4.05. The number of rotatable bonds is 5. The van der Waals surface area contributed by atoms with E-state index >= 15 is 0 Å². The average Bonchev–Trinajstić information content (AvgIpc) is 3.30. The number of hydrogen-bond donors (Lipinski definition) is 4. The molecule has 12 heteroatoms. The Kier molecular flexibility index (Phi) is 5.78. The first kappa shape index (κ1) is 22.3. The van der Waals surface area contributed by atoms with Gasteiger partial charge in [0.1, 0.15) is 10.0 Å². The summed E-state index contributed by atoms with van der Waals surface area (Å²) in [6.07, 6.45) is 0. The van der Waals surface area contributed by atoms with Crippen molar-refractivity contribution in [2.24, 2.45) is 0 Å². The van der Waals surface area contributed by atoms with Crippen LogP contribution in [-0.4, -0.2) is 31.2 Å². The second kappa shape index (κ2) is 8.56. The molecule has 0 saturated carbocycles. The number of sulfonamides is 1. The summed E-state index contributed by atoms with van der Waals surface area (Å²) in [6.45, 7) is 0. The van der Waals surface area contributed by atoms with Crippen LogP contribution in [-0.2, 0) is 10.0 Å². The van der Waals surface area contributed by atoms with Crippen molar-refractivity contribution in [1.82, 2.24) is 9.29 Å². The van der Waals surface area contributed by atoms with E-state index < -0.39 is 33.3 Å². The lowest BCUT2D eigenvalue weighted by atomic mass is 10.1. The van der Waals surface area contributed by atoms with Crippen LogP contribution in [0.2, 0.25) is 0 Å². The zero-order chi connectivity index (χ0) is 23.8. The number of anilines is 2. The van der Waals surface area contributed by atoms with Gasteiger partial charge in [0.15, 0.2) is 0 Å². The van der Waals surface area contributed by atoms with E-state index in [-0.39, 0.29) is 15.6 Å². The van der Waals surface area contributed by atoms with Crippen LogP contribution < -0.4 is 20.9 Å². The number of nitrogens with zero attached hydrogens (tertiary/aromatic N) is 1. The van der Waals surface area contributed by atoms with Crippen molar-refractivity contribution in [3.8, 4) is 11.6 Å². The van der Waals surface area contributed by atoms with Gasteiger partial charge in [-0.25, -0.2) is 26.9 Å². The van der Waals surface area contributed by atoms with E-state index in [0.29, 0.717) is 10.8 Å². The molecule has 0 aliphatic heterocycles. The summed E-state index contributed by atoms with van der Waals surface area (Å²) in [4.78, 5) is 24.7. The van der Waals surface area contributed by atoms with Gasteiger partial charge in [-0.05, 0) is 53.2 Å². The number of amides is 2. The maximum absolute atomic E-state index is 14.9. The smallest absolute Gasteiger partial charge is 0.333 e. The van der Waals surface area contributed by atoms with E-state index in [4.69, 9.17) is 0 Å². The number of fused-ring (bicyclic) bond motifs is 1. The minimum Gasteiger partial charge on any atom is -0.494 e. The fraction of sp³-hybridized carbons (Fsp3) is 0.0476. The third-order valence-electron chi connectivity index (χ3n) is 4.73. The lowest BCUT2D eigenvalue weighted by Crippen LogP contribution is -2.34. The molecule has 0 unspecified atom stereocenters. The number of carbonyl (C=O) groups is 1. The van der Waals surface area contributed by atoms with Gasteiger partial charge in [-0.1, -0.05) is 6.07 Å². The standard InChI is InChI=1S/C21H17FN4O5S2/c1-23-13-4-6-15-12(9-13)10-18(27)26(20(15)28)17-7-5-14(11-16(17)22)24-21(29)25-33(30,31)19-3-2-8-32-19/h2-11,23,28H,1H3,(H2,24,25,29). The second-order valence-corrected chi connectivity index (χ2v) is 9.71. The van der Waals surface area contributed by atoms with E-state index in [2.05, 4.69) is 10.6 Å². The highest BCUT2D eigenvalue weighted by molar-refractivity contribution is 7.92. The first-order chi connectivity index (χ1) is 15.7. The number of benzene rings is 2. The normalized spacial score (nSPS) is 11.3. The van der Waals surface area contributed by atoms with Gasteiger partial charge in [0, 0.05) is 29.9 Å². The Morgan fingerprint density at radius 3 is 2.52 bits per heavy atom. The highest BCUT2D eigenvalue weighted by atomic mass is 32.2. The van der Waals surface area contributed by atoms with Gasteiger partial charge in [0.05, 0.1) is 5.69 Å². The first-order valence-corrected chi connectivity index (χ1v) is 11.8. The van der Waals surface area contributed by atoms with Crippen LogP contribution in [0.25, 0.3) is 16.5 Å². The predicted molar refractivity (Wildman–Crippen MR) is 124 cm³/mol. The van der Waals surface area contributed by atoms with E-state index in [1.165, 1.54) is 30.3 Å². The fourth-order valence-corrected chi connectivity index (χ4v) is 5.11. The van der Waals surface area contributed by atoms with Crippen molar-refractivity contribution in [1.29, 1.82) is 0 Å². The Morgan fingerprint density at radius 1 is 1.09 bits per heavy atom. The van der Waals surface area contributed by atoms with Gasteiger partial charge in [0.2, 0.25) is 5.88 Å². The largest absolute Gasteiger partial charge is 0.494 e. The van der Waals surface area contributed by atoms with Crippen LogP contribution in [0.4, 0.5) is 20.6 Å². The lowest BCUT2D eigenvalue weighted by Gasteiger charge is -2.14. The van der Waals surface area contributed by atoms with Gasteiger partial charge in [-0.3, -0.25) is 4.79 Å². The molecule has 4 N–H and O–H groups in total. The van der Waals surface area contributed by atoms with E-state index in [1.807, 2.05) is 4.72 Å². The van der Waals surface area contributed by atoms with Gasteiger partial charge in [-0.2, -0.15) is 0 Å². The highest BCUT2D eigenvalue weighted by Gasteiger charge is 2.19. The quantitative estimate of drug-likeness (QED) is 0.341. The van der Waals surface area contributed by atoms with Crippen LogP contribution >= 0.6 is 11.3 Å². The van der Waals surface area contributed by atoms with Gasteiger partial charge in [-0.15, -0.1) is 11.3 Å². The molecule has 4 aromatic rings. The maximum atomic E-state index is 14.9. The summed E-state index contributed by atoms with van der Waals surface area (Å²) in [7, 11) is -2.34. The van der Waals surface area contributed by atoms with Crippen molar-refractivity contribution >= 4 is 49.5 Å². The average molecular weight is 489 g/mol. The summed E-state index contributed by atoms with van der Waals surface area (Å²) in [5.74, 6) is -1.36. The summed E-state index contributed by atoms with van der Waals surface area (Å²) in [5, 5.41) is 18.2. The number of nitrogens with one attached hydrogen (secondary N) is 3. The molecule has 0 spiro atoms. The lowest BCUT2D eigenvalue weighted by molar-refractivity contribution is 0.256. The summed E-state index contributed by atoms with van der Waals surface area (Å²) < 4.78 is 41.7. The number of hydrogen-bond acceptors (Lipinski definition) is 7. The maximum Gasteiger partial charge on any atom is 0.333 e. The molecule has 2 amide bonds. The number of aromatic hydroxyl groups is 1. The first-order valence-electron chi connectivity index (χ1n) is 9.43. The van der Waals surface area contributed by atoms with Crippen LogP contribution in [0.3, 0.4) is 0 Å². The number of urea groups is 1. The van der Waals surface area contributed by atoms with Crippen molar-refractivity contribution in [2.75, 3.05) is 17.7 Å². The van der Waals surface area contributed by atoms with Crippen molar-refractivity contribution < 1.29 is 22.7 Å². The van der Waals surface area contributed by atoms with Crippen LogP contribution in [0.5, 0.6) is 5.88 Å². The van der Waals surface area contributed by atoms with Crippen molar-refractivity contribution in [2.45, 2.75) is 4.21 Å². The number of aromatic nitrogens is 1. The zero-order valence-electron chi connectivity index (χ0n) is 17.0. The molecule has 4 rings (SSSR count). The van der Waals surface area contributed by atoms with E-state index in [0.717, 1.165) is 27.7 Å². The Labute approximate surface area is 191 Å². The number of halogens is 1. The van der Waals surface area contributed by atoms with Crippen molar-refractivity contribution in [3.63, 3.8) is 0 Å². The number of carbonyl (C=O) groups excluding carboxylic acids is 1. The molecule has 170 valence electrons. The second-order valence-electron chi connectivity index (χ2n) is 6.85. The molecule has 2 aromatic carbocycles. The summed E-state index contributed by atoms with van der Waals surface area (Å²) in [6, 6.07) is 11.4. The topological polar surface area (TPSA) is 130 Å². The molecular formula is C21H17FN4O5S2. The highest BCUT2D eigenvalue weighted by Crippen LogP contribution is 2.29. The molecule has 0 aliphatic rings. The van der Waals surface area contributed by atoms with E-state index in [9.17, 15) is 27.5 Å². The van der Waals surface area contributed by atoms with E-state index in [1.54, 1.807) is 30.6 Å². The monoisotopic (exact) mass is 488 g/mol. The molecule has 33 heavy (non-hydrogen) atoms.